The van der Waals surface area contributed by atoms with Crippen LogP contribution in [0.4, 0.5) is 11.4 Å². The molecule has 1 rings (SSSR count). The van der Waals surface area contributed by atoms with E-state index in [0.717, 1.165) is 0 Å². The molecule has 0 unspecified atom stereocenters. The maximum Gasteiger partial charge on any atom is 0.344 e. The van der Waals surface area contributed by atoms with E-state index in [1.807, 2.05) is 0 Å². The molecule has 0 aliphatic rings. The Labute approximate surface area is 86.0 Å². The van der Waals surface area contributed by atoms with Gasteiger partial charge in [-0.15, -0.1) is 0 Å². The molecule has 0 saturated carbocycles. The Balaban J connectivity index is 3.28. The second kappa shape index (κ2) is 4.41. The average molecular weight is 210 g/mol. The van der Waals surface area contributed by atoms with Gasteiger partial charge in [0.15, 0.2) is 0 Å². The normalized spacial score (nSPS) is 9.47. The number of nitro groups is 1. The molecule has 0 aliphatic heterocycles. The third-order valence-corrected chi connectivity index (χ3v) is 1.89. The molecule has 0 fully saturated rings. The van der Waals surface area contributed by atoms with Crippen molar-refractivity contribution in [3.8, 4) is 0 Å². The van der Waals surface area contributed by atoms with Gasteiger partial charge in [0.25, 0.3) is 5.69 Å². The van der Waals surface area contributed by atoms with Crippen molar-refractivity contribution in [2.24, 2.45) is 0 Å². The van der Waals surface area contributed by atoms with E-state index in [-0.39, 0.29) is 11.3 Å². The highest BCUT2D eigenvalue weighted by molar-refractivity contribution is 5.95. The monoisotopic (exact) mass is 210 g/mol. The maximum absolute atomic E-state index is 11.3. The summed E-state index contributed by atoms with van der Waals surface area (Å²) >= 11 is 0. The molecule has 0 heterocycles. The van der Waals surface area contributed by atoms with Crippen LogP contribution in [0, 0.1) is 10.1 Å². The number of methoxy groups -OCH3 is 1. The van der Waals surface area contributed by atoms with E-state index < -0.39 is 10.9 Å². The van der Waals surface area contributed by atoms with E-state index in [1.165, 1.54) is 25.3 Å². The first-order valence-electron chi connectivity index (χ1n) is 4.14. The Hall–Kier alpha value is -2.11. The van der Waals surface area contributed by atoms with E-state index in [1.54, 1.807) is 7.05 Å². The lowest BCUT2D eigenvalue weighted by Crippen LogP contribution is -2.06. The lowest BCUT2D eigenvalue weighted by molar-refractivity contribution is -0.385. The number of hydrogen-bond acceptors (Lipinski definition) is 5. The number of rotatable bonds is 3. The molecule has 0 amide bonds. The van der Waals surface area contributed by atoms with Crippen LogP contribution in [0.3, 0.4) is 0 Å². The Morgan fingerprint density at radius 2 is 2.20 bits per heavy atom. The van der Waals surface area contributed by atoms with Gasteiger partial charge in [0, 0.05) is 18.8 Å². The van der Waals surface area contributed by atoms with Crippen molar-refractivity contribution in [1.29, 1.82) is 0 Å². The van der Waals surface area contributed by atoms with E-state index in [9.17, 15) is 14.9 Å². The standard InChI is InChI=1S/C9H10N2O4/c1-10-6-3-4-8(11(13)14)7(5-6)9(12)15-2/h3-5,10H,1-2H3. The lowest BCUT2D eigenvalue weighted by Gasteiger charge is -2.04. The lowest BCUT2D eigenvalue weighted by atomic mass is 10.1. The Kier molecular flexibility index (Phi) is 3.22. The summed E-state index contributed by atoms with van der Waals surface area (Å²) in [5.74, 6) is -0.723. The third kappa shape index (κ3) is 2.22. The number of ether oxygens (including phenoxy) is 1. The van der Waals surface area contributed by atoms with Crippen molar-refractivity contribution in [1.82, 2.24) is 0 Å². The van der Waals surface area contributed by atoms with Crippen LogP contribution in [0.2, 0.25) is 0 Å². The van der Waals surface area contributed by atoms with Crippen molar-refractivity contribution in [2.75, 3.05) is 19.5 Å². The molecule has 80 valence electrons. The molecule has 1 aromatic rings. The fourth-order valence-corrected chi connectivity index (χ4v) is 1.12. The van der Waals surface area contributed by atoms with Gasteiger partial charge in [0.1, 0.15) is 5.56 Å². The van der Waals surface area contributed by atoms with Crippen molar-refractivity contribution >= 4 is 17.3 Å². The molecule has 15 heavy (non-hydrogen) atoms. The second-order valence-electron chi connectivity index (χ2n) is 2.73. The summed E-state index contributed by atoms with van der Waals surface area (Å²) in [5, 5.41) is 13.4. The van der Waals surface area contributed by atoms with Gasteiger partial charge in [0.05, 0.1) is 12.0 Å². The SMILES string of the molecule is CNc1ccc([N+](=O)[O-])c(C(=O)OC)c1. The summed E-state index contributed by atoms with van der Waals surface area (Å²) in [7, 11) is 2.83. The smallest absolute Gasteiger partial charge is 0.344 e. The quantitative estimate of drug-likeness (QED) is 0.463. The molecule has 0 bridgehead atoms. The molecule has 0 spiro atoms. The van der Waals surface area contributed by atoms with Gasteiger partial charge >= 0.3 is 5.97 Å². The fourth-order valence-electron chi connectivity index (χ4n) is 1.12. The van der Waals surface area contributed by atoms with E-state index >= 15 is 0 Å². The summed E-state index contributed by atoms with van der Waals surface area (Å²) in [4.78, 5) is 21.3. The van der Waals surface area contributed by atoms with Crippen LogP contribution in [0.25, 0.3) is 0 Å². The highest BCUT2D eigenvalue weighted by Gasteiger charge is 2.20. The van der Waals surface area contributed by atoms with Crippen LogP contribution >= 0.6 is 0 Å². The number of nitro benzene ring substituents is 1. The summed E-state index contributed by atoms with van der Waals surface area (Å²) < 4.78 is 4.46. The van der Waals surface area contributed by atoms with Crippen molar-refractivity contribution in [2.45, 2.75) is 0 Å². The molecule has 0 aromatic heterocycles. The summed E-state index contributed by atoms with van der Waals surface area (Å²) in [6.45, 7) is 0. The van der Waals surface area contributed by atoms with Crippen LogP contribution in [0.1, 0.15) is 10.4 Å². The molecule has 0 aliphatic carbocycles. The second-order valence-corrected chi connectivity index (χ2v) is 2.73. The van der Waals surface area contributed by atoms with Gasteiger partial charge < -0.3 is 10.1 Å². The molecule has 1 aromatic carbocycles. The number of carbonyl (C=O) groups is 1. The maximum atomic E-state index is 11.3. The summed E-state index contributed by atoms with van der Waals surface area (Å²) in [6, 6.07) is 4.16. The van der Waals surface area contributed by atoms with Crippen LogP contribution in [-0.2, 0) is 4.74 Å². The fraction of sp³-hybridized carbons (Fsp3) is 0.222. The van der Waals surface area contributed by atoms with Gasteiger partial charge in [-0.25, -0.2) is 4.79 Å². The first-order valence-corrected chi connectivity index (χ1v) is 4.14. The zero-order chi connectivity index (χ0) is 11.4. The number of benzene rings is 1. The van der Waals surface area contributed by atoms with Gasteiger partial charge in [-0.1, -0.05) is 0 Å². The zero-order valence-corrected chi connectivity index (χ0v) is 8.31. The molecule has 1 N–H and O–H groups in total. The number of hydrogen-bond donors (Lipinski definition) is 1. The number of nitrogens with one attached hydrogen (secondary N) is 1. The van der Waals surface area contributed by atoms with Crippen LogP contribution in [-0.4, -0.2) is 25.1 Å². The molecule has 6 heteroatoms. The van der Waals surface area contributed by atoms with Crippen molar-refractivity contribution in [3.05, 3.63) is 33.9 Å². The number of esters is 1. The van der Waals surface area contributed by atoms with Crippen molar-refractivity contribution in [3.63, 3.8) is 0 Å². The largest absolute Gasteiger partial charge is 0.465 e. The number of nitrogens with zero attached hydrogens (tertiary/aromatic N) is 1. The van der Waals surface area contributed by atoms with Gasteiger partial charge in [0.2, 0.25) is 0 Å². The van der Waals surface area contributed by atoms with Crippen LogP contribution in [0.5, 0.6) is 0 Å². The van der Waals surface area contributed by atoms with Crippen molar-refractivity contribution < 1.29 is 14.5 Å². The van der Waals surface area contributed by atoms with Gasteiger partial charge in [-0.2, -0.15) is 0 Å². The topological polar surface area (TPSA) is 81.5 Å². The first-order chi connectivity index (χ1) is 7.10. The number of anilines is 1. The van der Waals surface area contributed by atoms with Crippen LogP contribution < -0.4 is 5.32 Å². The predicted octanol–water partition coefficient (Wildman–Crippen LogP) is 1.42. The summed E-state index contributed by atoms with van der Waals surface area (Å²) in [6.07, 6.45) is 0. The zero-order valence-electron chi connectivity index (χ0n) is 8.31. The van der Waals surface area contributed by atoms with E-state index in [4.69, 9.17) is 0 Å². The Bertz CT molecular complexity index is 403. The predicted molar refractivity (Wildman–Crippen MR) is 54.0 cm³/mol. The molecule has 0 atom stereocenters. The number of carbonyl (C=O) groups excluding carboxylic acids is 1. The van der Waals surface area contributed by atoms with Gasteiger partial charge in [-0.05, 0) is 12.1 Å². The van der Waals surface area contributed by atoms with Gasteiger partial charge in [-0.3, -0.25) is 10.1 Å². The van der Waals surface area contributed by atoms with E-state index in [2.05, 4.69) is 10.1 Å². The molecular formula is C9H10N2O4. The Morgan fingerprint density at radius 1 is 1.53 bits per heavy atom. The average Bonchev–Trinajstić information content (AvgIpc) is 2.26. The Morgan fingerprint density at radius 3 is 2.67 bits per heavy atom. The van der Waals surface area contributed by atoms with E-state index in [0.29, 0.717) is 5.69 Å². The highest BCUT2D eigenvalue weighted by Crippen LogP contribution is 2.22. The minimum absolute atomic E-state index is 0.0608. The highest BCUT2D eigenvalue weighted by atomic mass is 16.6. The molecule has 0 radical (unpaired) electrons. The third-order valence-electron chi connectivity index (χ3n) is 1.89. The molecule has 6 nitrogen and oxygen atoms in total. The minimum Gasteiger partial charge on any atom is -0.465 e. The minimum atomic E-state index is -0.723. The van der Waals surface area contributed by atoms with Crippen LogP contribution in [0.15, 0.2) is 18.2 Å². The molecular weight excluding hydrogens is 200 g/mol. The summed E-state index contributed by atoms with van der Waals surface area (Å²) in [5.41, 5.74) is 0.288. The first kappa shape index (κ1) is 11.0. The molecule has 0 saturated heterocycles.